The topological polar surface area (TPSA) is 9.23 Å². The zero-order chi connectivity index (χ0) is 13.5. The third-order valence-electron chi connectivity index (χ3n) is 5.16. The summed E-state index contributed by atoms with van der Waals surface area (Å²) in [7, 11) is 0. The van der Waals surface area contributed by atoms with Crippen molar-refractivity contribution in [1.29, 1.82) is 0 Å². The number of ether oxygens (including phenoxy) is 1. The van der Waals surface area contributed by atoms with E-state index in [2.05, 4.69) is 25.3 Å². The van der Waals surface area contributed by atoms with Gasteiger partial charge in [0.1, 0.15) is 0 Å². The second-order valence-electron chi connectivity index (χ2n) is 6.57. The summed E-state index contributed by atoms with van der Waals surface area (Å²) < 4.78 is 6.00. The summed E-state index contributed by atoms with van der Waals surface area (Å²) in [6.45, 7) is 9.80. The minimum Gasteiger partial charge on any atom is -0.381 e. The van der Waals surface area contributed by atoms with E-state index in [0.29, 0.717) is 0 Å². The highest BCUT2D eigenvalue weighted by molar-refractivity contribution is 4.85. The monoisotopic (exact) mass is 262 g/mol. The minimum atomic E-state index is 0.769. The van der Waals surface area contributed by atoms with E-state index in [9.17, 15) is 0 Å². The number of hydrogen-bond acceptors (Lipinski definition) is 1. The molecule has 0 saturated heterocycles. The van der Waals surface area contributed by atoms with Crippen molar-refractivity contribution in [3.05, 3.63) is 25.3 Å². The molecule has 2 aliphatic carbocycles. The van der Waals surface area contributed by atoms with Crippen LogP contribution in [0.4, 0.5) is 0 Å². The summed E-state index contributed by atoms with van der Waals surface area (Å²) in [5.74, 6) is 3.15. The zero-order valence-corrected chi connectivity index (χ0v) is 12.4. The Morgan fingerprint density at radius 1 is 0.684 bits per heavy atom. The Balaban J connectivity index is 1.55. The molecule has 0 aromatic heterocycles. The van der Waals surface area contributed by atoms with Crippen LogP contribution in [0.15, 0.2) is 25.3 Å². The number of hydrogen-bond donors (Lipinski definition) is 0. The Kier molecular flexibility index (Phi) is 6.16. The summed E-state index contributed by atoms with van der Waals surface area (Å²) in [5, 5.41) is 0. The van der Waals surface area contributed by atoms with E-state index >= 15 is 0 Å². The molecule has 0 heterocycles. The molecule has 0 unspecified atom stereocenters. The quantitative estimate of drug-likeness (QED) is 0.613. The predicted molar refractivity (Wildman–Crippen MR) is 82.1 cm³/mol. The average Bonchev–Trinajstić information content (AvgIpc) is 2.49. The summed E-state index contributed by atoms with van der Waals surface area (Å²) >= 11 is 0. The molecule has 19 heavy (non-hydrogen) atoms. The van der Waals surface area contributed by atoms with Crippen molar-refractivity contribution in [1.82, 2.24) is 0 Å². The molecule has 2 saturated carbocycles. The van der Waals surface area contributed by atoms with Crippen LogP contribution in [0.1, 0.15) is 51.4 Å². The lowest BCUT2D eigenvalue weighted by atomic mass is 9.82. The van der Waals surface area contributed by atoms with E-state index < -0.39 is 0 Å². The van der Waals surface area contributed by atoms with E-state index in [0.717, 1.165) is 36.9 Å². The normalized spacial score (nSPS) is 35.8. The lowest BCUT2D eigenvalue weighted by Gasteiger charge is -2.29. The molecule has 2 aliphatic rings. The van der Waals surface area contributed by atoms with Crippen LogP contribution in [0.5, 0.6) is 0 Å². The Morgan fingerprint density at radius 2 is 1.05 bits per heavy atom. The van der Waals surface area contributed by atoms with E-state index in [1.54, 1.807) is 0 Å². The van der Waals surface area contributed by atoms with Gasteiger partial charge in [-0.3, -0.25) is 0 Å². The third kappa shape index (κ3) is 4.80. The molecule has 2 fully saturated rings. The molecule has 0 spiro atoms. The van der Waals surface area contributed by atoms with Crippen LogP contribution in [-0.4, -0.2) is 13.2 Å². The summed E-state index contributed by atoms with van der Waals surface area (Å²) in [4.78, 5) is 0. The fourth-order valence-electron chi connectivity index (χ4n) is 3.58. The van der Waals surface area contributed by atoms with Gasteiger partial charge in [0.15, 0.2) is 0 Å². The molecule has 0 radical (unpaired) electrons. The Labute approximate surface area is 119 Å². The summed E-state index contributed by atoms with van der Waals surface area (Å²) in [6, 6.07) is 0. The lowest BCUT2D eigenvalue weighted by molar-refractivity contribution is 0.0455. The molecule has 0 bridgehead atoms. The van der Waals surface area contributed by atoms with Gasteiger partial charge in [0.2, 0.25) is 0 Å². The molecule has 108 valence electrons. The van der Waals surface area contributed by atoms with Crippen LogP contribution in [0, 0.1) is 23.7 Å². The van der Waals surface area contributed by atoms with Crippen molar-refractivity contribution in [2.45, 2.75) is 51.4 Å². The van der Waals surface area contributed by atoms with E-state index in [-0.39, 0.29) is 0 Å². The maximum Gasteiger partial charge on any atom is 0.0494 e. The van der Waals surface area contributed by atoms with Crippen LogP contribution in [0.25, 0.3) is 0 Å². The van der Waals surface area contributed by atoms with Gasteiger partial charge >= 0.3 is 0 Å². The smallest absolute Gasteiger partial charge is 0.0494 e. The van der Waals surface area contributed by atoms with Gasteiger partial charge in [-0.25, -0.2) is 0 Å². The van der Waals surface area contributed by atoms with E-state index in [1.165, 1.54) is 51.4 Å². The van der Waals surface area contributed by atoms with Crippen LogP contribution in [0.2, 0.25) is 0 Å². The molecule has 0 aromatic rings. The Hall–Kier alpha value is -0.560. The third-order valence-corrected chi connectivity index (χ3v) is 5.16. The van der Waals surface area contributed by atoms with Crippen LogP contribution in [0.3, 0.4) is 0 Å². The SMILES string of the molecule is C=CC1CCC(COCC2CCC(C=C)CC2)CC1. The second-order valence-corrected chi connectivity index (χ2v) is 6.57. The number of allylic oxidation sites excluding steroid dienone is 2. The van der Waals surface area contributed by atoms with Gasteiger partial charge in [0, 0.05) is 13.2 Å². The van der Waals surface area contributed by atoms with E-state index in [1.807, 2.05) is 0 Å². The van der Waals surface area contributed by atoms with Crippen LogP contribution in [-0.2, 0) is 4.74 Å². The van der Waals surface area contributed by atoms with Crippen LogP contribution >= 0.6 is 0 Å². The van der Waals surface area contributed by atoms with Gasteiger partial charge in [0.05, 0.1) is 0 Å². The standard InChI is InChI=1S/C18H30O/c1-3-15-5-9-17(10-6-15)13-19-14-18-11-7-16(4-2)8-12-18/h3-4,15-18H,1-2,5-14H2. The molecule has 2 rings (SSSR count). The molecular weight excluding hydrogens is 232 g/mol. The highest BCUT2D eigenvalue weighted by Gasteiger charge is 2.21. The molecule has 0 atom stereocenters. The van der Waals surface area contributed by atoms with Gasteiger partial charge in [-0.15, -0.1) is 13.2 Å². The van der Waals surface area contributed by atoms with Gasteiger partial charge in [-0.2, -0.15) is 0 Å². The van der Waals surface area contributed by atoms with Crippen molar-refractivity contribution in [2.75, 3.05) is 13.2 Å². The van der Waals surface area contributed by atoms with Gasteiger partial charge in [-0.1, -0.05) is 12.2 Å². The second kappa shape index (κ2) is 7.89. The summed E-state index contributed by atoms with van der Waals surface area (Å²) in [5.41, 5.74) is 0. The molecular formula is C18H30O. The molecule has 1 nitrogen and oxygen atoms in total. The van der Waals surface area contributed by atoms with Crippen molar-refractivity contribution < 1.29 is 4.74 Å². The Bertz CT molecular complexity index is 239. The van der Waals surface area contributed by atoms with Gasteiger partial charge in [-0.05, 0) is 75.0 Å². The van der Waals surface area contributed by atoms with Crippen molar-refractivity contribution in [2.24, 2.45) is 23.7 Å². The molecule has 0 aliphatic heterocycles. The van der Waals surface area contributed by atoms with E-state index in [4.69, 9.17) is 4.74 Å². The lowest BCUT2D eigenvalue weighted by Crippen LogP contribution is -2.22. The minimum absolute atomic E-state index is 0.769. The summed E-state index contributed by atoms with van der Waals surface area (Å²) in [6.07, 6.45) is 14.9. The Morgan fingerprint density at radius 3 is 1.37 bits per heavy atom. The molecule has 0 aromatic carbocycles. The first-order chi connectivity index (χ1) is 9.31. The first-order valence-electron chi connectivity index (χ1n) is 8.14. The van der Waals surface area contributed by atoms with Crippen molar-refractivity contribution >= 4 is 0 Å². The van der Waals surface area contributed by atoms with Crippen molar-refractivity contribution in [3.8, 4) is 0 Å². The maximum atomic E-state index is 6.00. The van der Waals surface area contributed by atoms with Gasteiger partial charge < -0.3 is 4.74 Å². The average molecular weight is 262 g/mol. The first kappa shape index (κ1) is 14.8. The highest BCUT2D eigenvalue weighted by Crippen LogP contribution is 2.31. The largest absolute Gasteiger partial charge is 0.381 e. The fourth-order valence-corrected chi connectivity index (χ4v) is 3.58. The van der Waals surface area contributed by atoms with Crippen molar-refractivity contribution in [3.63, 3.8) is 0 Å². The first-order valence-corrected chi connectivity index (χ1v) is 8.14. The number of rotatable bonds is 6. The maximum absolute atomic E-state index is 6.00. The fraction of sp³-hybridized carbons (Fsp3) is 0.778. The predicted octanol–water partition coefficient (Wildman–Crippen LogP) is 4.99. The van der Waals surface area contributed by atoms with Gasteiger partial charge in [0.25, 0.3) is 0 Å². The highest BCUT2D eigenvalue weighted by atomic mass is 16.5. The molecule has 0 amide bonds. The van der Waals surface area contributed by atoms with Crippen LogP contribution < -0.4 is 0 Å². The molecule has 0 N–H and O–H groups in total. The zero-order valence-electron chi connectivity index (χ0n) is 12.4. The molecule has 1 heteroatoms.